The number of nitrogens with zero attached hydrogens (tertiary/aromatic N) is 2. The van der Waals surface area contributed by atoms with Gasteiger partial charge >= 0.3 is 5.97 Å². The molecule has 0 saturated heterocycles. The Labute approximate surface area is 119 Å². The van der Waals surface area contributed by atoms with Crippen LogP contribution in [0.25, 0.3) is 11.0 Å². The third-order valence-corrected chi connectivity index (χ3v) is 3.64. The van der Waals surface area contributed by atoms with Crippen LogP contribution in [0.1, 0.15) is 34.9 Å². The van der Waals surface area contributed by atoms with E-state index in [1.165, 1.54) is 7.11 Å². The van der Waals surface area contributed by atoms with Crippen LogP contribution in [0.15, 0.2) is 10.9 Å². The van der Waals surface area contributed by atoms with Gasteiger partial charge in [-0.3, -0.25) is 14.3 Å². The first-order chi connectivity index (χ1) is 9.52. The van der Waals surface area contributed by atoms with E-state index in [-0.39, 0.29) is 17.0 Å². The minimum absolute atomic E-state index is 0.223. The van der Waals surface area contributed by atoms with Crippen molar-refractivity contribution in [3.05, 3.63) is 32.4 Å². The summed E-state index contributed by atoms with van der Waals surface area (Å²) in [5, 5.41) is 0.239. The Bertz CT molecular complexity index is 833. The molecule has 0 bridgehead atoms. The minimum Gasteiger partial charge on any atom is -0.465 e. The van der Waals surface area contributed by atoms with E-state index in [9.17, 15) is 9.59 Å². The van der Waals surface area contributed by atoms with E-state index in [1.807, 2.05) is 4.57 Å². The van der Waals surface area contributed by atoms with E-state index >= 15 is 0 Å². The van der Waals surface area contributed by atoms with Gasteiger partial charge in [-0.25, -0.2) is 9.78 Å². The molecule has 1 aliphatic rings. The largest absolute Gasteiger partial charge is 0.465 e. The van der Waals surface area contributed by atoms with Crippen molar-refractivity contribution in [1.29, 1.82) is 0 Å². The van der Waals surface area contributed by atoms with Crippen LogP contribution >= 0.6 is 12.2 Å². The second-order valence-corrected chi connectivity index (χ2v) is 5.25. The molecule has 3 rings (SSSR count). The van der Waals surface area contributed by atoms with Gasteiger partial charge in [-0.2, -0.15) is 0 Å². The molecule has 0 spiro atoms. The van der Waals surface area contributed by atoms with Crippen LogP contribution in [-0.4, -0.2) is 27.6 Å². The predicted octanol–water partition coefficient (Wildman–Crippen LogP) is 1.88. The molecular weight excluding hydrogens is 278 g/mol. The van der Waals surface area contributed by atoms with Gasteiger partial charge in [0.25, 0.3) is 5.56 Å². The molecule has 1 N–H and O–H groups in total. The highest BCUT2D eigenvalue weighted by molar-refractivity contribution is 7.71. The number of H-pyrrole nitrogens is 1. The zero-order valence-corrected chi connectivity index (χ0v) is 11.9. The van der Waals surface area contributed by atoms with Crippen LogP contribution in [0.3, 0.4) is 0 Å². The molecule has 0 aromatic carbocycles. The smallest absolute Gasteiger partial charge is 0.338 e. The van der Waals surface area contributed by atoms with E-state index in [0.29, 0.717) is 16.1 Å². The summed E-state index contributed by atoms with van der Waals surface area (Å²) in [6, 6.07) is 1.81. The topological polar surface area (TPSA) is 77.0 Å². The molecule has 7 heteroatoms. The van der Waals surface area contributed by atoms with Crippen LogP contribution in [0, 0.1) is 11.7 Å². The number of esters is 1. The average Bonchev–Trinajstić information content (AvgIpc) is 3.20. The Morgan fingerprint density at radius 2 is 2.25 bits per heavy atom. The van der Waals surface area contributed by atoms with Crippen molar-refractivity contribution in [3.8, 4) is 0 Å². The second kappa shape index (κ2) is 4.52. The molecular formula is C13H13N3O3S. The predicted molar refractivity (Wildman–Crippen MR) is 75.5 cm³/mol. The lowest BCUT2D eigenvalue weighted by molar-refractivity contribution is 0.0602. The zero-order chi connectivity index (χ0) is 14.4. The summed E-state index contributed by atoms with van der Waals surface area (Å²) in [6.45, 7) is 1.77. The summed E-state index contributed by atoms with van der Waals surface area (Å²) in [6.07, 6.45) is 2.00. The SMILES string of the molecule is COC(=O)c1cc(C)nc2c1c(=O)[nH]c(=S)n2C1CC1. The van der Waals surface area contributed by atoms with Gasteiger partial charge < -0.3 is 4.74 Å². The van der Waals surface area contributed by atoms with Crippen LogP contribution in [0.4, 0.5) is 0 Å². The number of aromatic nitrogens is 3. The number of rotatable bonds is 2. The Morgan fingerprint density at radius 1 is 1.55 bits per heavy atom. The minimum atomic E-state index is -0.550. The molecule has 6 nitrogen and oxygen atoms in total. The molecule has 2 heterocycles. The van der Waals surface area contributed by atoms with E-state index in [1.54, 1.807) is 13.0 Å². The molecule has 20 heavy (non-hydrogen) atoms. The maximum atomic E-state index is 12.2. The van der Waals surface area contributed by atoms with Crippen LogP contribution < -0.4 is 5.56 Å². The highest BCUT2D eigenvalue weighted by atomic mass is 32.1. The first kappa shape index (κ1) is 13.0. The van der Waals surface area contributed by atoms with E-state index in [4.69, 9.17) is 17.0 Å². The molecule has 0 unspecified atom stereocenters. The molecule has 0 radical (unpaired) electrons. The normalized spacial score (nSPS) is 14.5. The number of hydrogen-bond acceptors (Lipinski definition) is 5. The number of carbonyl (C=O) groups excluding carboxylic acids is 1. The fraction of sp³-hybridized carbons (Fsp3) is 0.385. The summed E-state index contributed by atoms with van der Waals surface area (Å²) >= 11 is 5.22. The van der Waals surface area contributed by atoms with Crippen LogP contribution in [0.2, 0.25) is 0 Å². The van der Waals surface area contributed by atoms with Gasteiger partial charge in [-0.05, 0) is 38.0 Å². The fourth-order valence-corrected chi connectivity index (χ4v) is 2.64. The van der Waals surface area contributed by atoms with Crippen LogP contribution in [-0.2, 0) is 4.74 Å². The number of ether oxygens (including phenoxy) is 1. The van der Waals surface area contributed by atoms with Crippen molar-refractivity contribution in [3.63, 3.8) is 0 Å². The van der Waals surface area contributed by atoms with Crippen molar-refractivity contribution in [2.24, 2.45) is 0 Å². The van der Waals surface area contributed by atoms with Crippen LogP contribution in [0.5, 0.6) is 0 Å². The number of fused-ring (bicyclic) bond motifs is 1. The molecule has 1 saturated carbocycles. The summed E-state index contributed by atoms with van der Waals surface area (Å²) in [5.74, 6) is -0.550. The summed E-state index contributed by atoms with van der Waals surface area (Å²) < 4.78 is 6.92. The van der Waals surface area contributed by atoms with Gasteiger partial charge in [0, 0.05) is 11.7 Å². The molecule has 104 valence electrons. The lowest BCUT2D eigenvalue weighted by atomic mass is 10.1. The summed E-state index contributed by atoms with van der Waals surface area (Å²) in [7, 11) is 1.29. The molecule has 2 aromatic rings. The first-order valence-corrected chi connectivity index (χ1v) is 6.68. The number of pyridine rings is 1. The quantitative estimate of drug-likeness (QED) is 0.675. The number of aromatic amines is 1. The number of nitrogens with one attached hydrogen (secondary N) is 1. The third-order valence-electron chi connectivity index (χ3n) is 3.34. The molecule has 0 amide bonds. The Hall–Kier alpha value is -2.02. The van der Waals surface area contributed by atoms with E-state index in [0.717, 1.165) is 12.8 Å². The van der Waals surface area contributed by atoms with Gasteiger partial charge in [-0.15, -0.1) is 0 Å². The Kier molecular flexibility index (Phi) is 2.93. The first-order valence-electron chi connectivity index (χ1n) is 6.27. The van der Waals surface area contributed by atoms with Gasteiger partial charge in [-0.1, -0.05) is 0 Å². The molecule has 2 aromatic heterocycles. The standard InChI is InChI=1S/C13H13N3O3S/c1-6-5-8(12(18)19-2)9-10(14-6)16(7-3-4-7)13(20)15-11(9)17/h5,7H,3-4H2,1-2H3,(H,15,17,20). The fourth-order valence-electron chi connectivity index (χ4n) is 2.31. The lowest BCUT2D eigenvalue weighted by Crippen LogP contribution is -2.19. The molecule has 0 atom stereocenters. The summed E-state index contributed by atoms with van der Waals surface area (Å²) in [5.41, 5.74) is 0.921. The molecule has 1 aliphatic carbocycles. The second-order valence-electron chi connectivity index (χ2n) is 4.86. The van der Waals surface area contributed by atoms with Crippen molar-refractivity contribution in [2.45, 2.75) is 25.8 Å². The third kappa shape index (κ3) is 1.94. The number of aryl methyl sites for hydroxylation is 1. The number of hydrogen-bond donors (Lipinski definition) is 1. The van der Waals surface area contributed by atoms with Crippen molar-refractivity contribution in [2.75, 3.05) is 7.11 Å². The average molecular weight is 291 g/mol. The Balaban J connectivity index is 2.49. The van der Waals surface area contributed by atoms with Crippen molar-refractivity contribution >= 4 is 29.2 Å². The van der Waals surface area contributed by atoms with Crippen molar-refractivity contribution < 1.29 is 9.53 Å². The van der Waals surface area contributed by atoms with Gasteiger partial charge in [0.05, 0.1) is 18.1 Å². The van der Waals surface area contributed by atoms with Gasteiger partial charge in [0.2, 0.25) is 0 Å². The molecule has 0 aliphatic heterocycles. The monoisotopic (exact) mass is 291 g/mol. The zero-order valence-electron chi connectivity index (χ0n) is 11.1. The highest BCUT2D eigenvalue weighted by Gasteiger charge is 2.28. The van der Waals surface area contributed by atoms with Crippen molar-refractivity contribution in [1.82, 2.24) is 14.5 Å². The number of methoxy groups -OCH3 is 1. The summed E-state index contributed by atoms with van der Waals surface area (Å²) in [4.78, 5) is 31.1. The highest BCUT2D eigenvalue weighted by Crippen LogP contribution is 2.36. The maximum Gasteiger partial charge on any atom is 0.338 e. The van der Waals surface area contributed by atoms with Gasteiger partial charge in [0.1, 0.15) is 5.65 Å². The number of carbonyl (C=O) groups is 1. The van der Waals surface area contributed by atoms with E-state index < -0.39 is 11.5 Å². The maximum absolute atomic E-state index is 12.2. The van der Waals surface area contributed by atoms with E-state index in [2.05, 4.69) is 9.97 Å². The lowest BCUT2D eigenvalue weighted by Gasteiger charge is -2.11. The van der Waals surface area contributed by atoms with Gasteiger partial charge in [0.15, 0.2) is 4.77 Å². The Morgan fingerprint density at radius 3 is 2.85 bits per heavy atom. The molecule has 1 fully saturated rings.